The highest BCUT2D eigenvalue weighted by molar-refractivity contribution is 5.98. The molecule has 0 aromatic carbocycles. The Morgan fingerprint density at radius 3 is 2.92 bits per heavy atom. The van der Waals surface area contributed by atoms with E-state index >= 15 is 0 Å². The van der Waals surface area contributed by atoms with Crippen molar-refractivity contribution in [2.75, 3.05) is 0 Å². The Hall–Kier alpha value is -2.11. The lowest BCUT2D eigenvalue weighted by Gasteiger charge is -1.88. The molecular weight excluding hydrogens is 174 g/mol. The third kappa shape index (κ3) is 0.994. The quantitative estimate of drug-likeness (QED) is 0.587. The standard InChI is InChI=1S/C7H5N3O3/c11-5-3-1-8-2-9-6(3)10-4(5)7(12)13/h1-2,11H,(H,12,13)(H,8,9,10). The predicted octanol–water partition coefficient (Wildman–Crippen LogP) is 0.362. The molecule has 0 saturated heterocycles. The third-order valence-electron chi connectivity index (χ3n) is 1.66. The summed E-state index contributed by atoms with van der Waals surface area (Å²) in [5, 5.41) is 18.3. The number of nitrogens with zero attached hydrogens (tertiary/aromatic N) is 2. The normalized spacial score (nSPS) is 10.5. The fraction of sp³-hybridized carbons (Fsp3) is 0. The Bertz CT molecular complexity index is 477. The highest BCUT2D eigenvalue weighted by atomic mass is 16.4. The number of carboxylic acids is 1. The molecule has 2 rings (SSSR count). The molecule has 0 bridgehead atoms. The highest BCUT2D eigenvalue weighted by Crippen LogP contribution is 2.26. The van der Waals surface area contributed by atoms with Crippen LogP contribution in [0, 0.1) is 0 Å². The van der Waals surface area contributed by atoms with Crippen molar-refractivity contribution in [1.29, 1.82) is 0 Å². The summed E-state index contributed by atoms with van der Waals surface area (Å²) in [6.45, 7) is 0. The molecule has 0 aliphatic carbocycles. The van der Waals surface area contributed by atoms with E-state index in [-0.39, 0.29) is 11.4 Å². The molecule has 6 heteroatoms. The Morgan fingerprint density at radius 1 is 1.54 bits per heavy atom. The molecule has 0 aliphatic heterocycles. The van der Waals surface area contributed by atoms with Crippen LogP contribution < -0.4 is 0 Å². The Labute approximate surface area is 71.9 Å². The zero-order valence-electron chi connectivity index (χ0n) is 6.35. The fourth-order valence-corrected chi connectivity index (χ4v) is 1.07. The summed E-state index contributed by atoms with van der Waals surface area (Å²) in [6, 6.07) is 0. The number of aromatic nitrogens is 3. The molecular formula is C7H5N3O3. The minimum absolute atomic E-state index is 0.268. The van der Waals surface area contributed by atoms with Crippen molar-refractivity contribution in [3.05, 3.63) is 18.2 Å². The Kier molecular flexibility index (Phi) is 1.42. The maximum atomic E-state index is 10.6. The van der Waals surface area contributed by atoms with Gasteiger partial charge >= 0.3 is 5.97 Å². The largest absolute Gasteiger partial charge is 0.505 e. The lowest BCUT2D eigenvalue weighted by molar-refractivity contribution is 0.0688. The van der Waals surface area contributed by atoms with Crippen LogP contribution in [0.2, 0.25) is 0 Å². The molecule has 6 nitrogen and oxygen atoms in total. The van der Waals surface area contributed by atoms with Crippen molar-refractivity contribution in [1.82, 2.24) is 15.0 Å². The molecule has 0 atom stereocenters. The zero-order chi connectivity index (χ0) is 9.42. The molecule has 2 aromatic rings. The zero-order valence-corrected chi connectivity index (χ0v) is 6.35. The van der Waals surface area contributed by atoms with Crippen molar-refractivity contribution >= 4 is 17.0 Å². The smallest absolute Gasteiger partial charge is 0.356 e. The molecule has 0 fully saturated rings. The summed E-state index contributed by atoms with van der Waals surface area (Å²) in [4.78, 5) is 20.4. The van der Waals surface area contributed by atoms with Crippen molar-refractivity contribution < 1.29 is 15.0 Å². The lowest BCUT2D eigenvalue weighted by atomic mass is 10.3. The molecule has 2 aromatic heterocycles. The third-order valence-corrected chi connectivity index (χ3v) is 1.66. The molecule has 0 saturated carbocycles. The van der Waals surface area contributed by atoms with Crippen LogP contribution in [-0.4, -0.2) is 31.1 Å². The van der Waals surface area contributed by atoms with Gasteiger partial charge in [0.15, 0.2) is 11.4 Å². The number of aromatic hydroxyl groups is 1. The number of aromatic amines is 1. The van der Waals surface area contributed by atoms with Gasteiger partial charge in [0.05, 0.1) is 5.39 Å². The van der Waals surface area contributed by atoms with Crippen molar-refractivity contribution in [3.63, 3.8) is 0 Å². The van der Waals surface area contributed by atoms with Gasteiger partial charge in [-0.15, -0.1) is 0 Å². The second-order valence-electron chi connectivity index (χ2n) is 2.44. The molecule has 0 unspecified atom stereocenters. The second-order valence-corrected chi connectivity index (χ2v) is 2.44. The van der Waals surface area contributed by atoms with Crippen LogP contribution >= 0.6 is 0 Å². The molecule has 0 amide bonds. The number of H-pyrrole nitrogens is 1. The van der Waals surface area contributed by atoms with E-state index in [9.17, 15) is 9.90 Å². The first-order chi connectivity index (χ1) is 6.20. The van der Waals surface area contributed by atoms with Crippen LogP contribution in [0.5, 0.6) is 5.75 Å². The summed E-state index contributed by atoms with van der Waals surface area (Å²) < 4.78 is 0. The second kappa shape index (κ2) is 2.44. The van der Waals surface area contributed by atoms with Gasteiger partial charge in [0.25, 0.3) is 0 Å². The van der Waals surface area contributed by atoms with E-state index in [4.69, 9.17) is 5.11 Å². The van der Waals surface area contributed by atoms with E-state index in [1.54, 1.807) is 0 Å². The molecule has 0 radical (unpaired) electrons. The maximum Gasteiger partial charge on any atom is 0.356 e. The van der Waals surface area contributed by atoms with Gasteiger partial charge in [0, 0.05) is 6.20 Å². The van der Waals surface area contributed by atoms with Crippen LogP contribution in [0.4, 0.5) is 0 Å². The van der Waals surface area contributed by atoms with Crippen LogP contribution in [-0.2, 0) is 0 Å². The van der Waals surface area contributed by atoms with Crippen LogP contribution in [0.1, 0.15) is 10.5 Å². The van der Waals surface area contributed by atoms with Crippen molar-refractivity contribution in [2.45, 2.75) is 0 Å². The van der Waals surface area contributed by atoms with Gasteiger partial charge in [0.1, 0.15) is 12.0 Å². The van der Waals surface area contributed by atoms with Gasteiger partial charge in [0.2, 0.25) is 0 Å². The number of fused-ring (bicyclic) bond motifs is 1. The van der Waals surface area contributed by atoms with E-state index in [0.717, 1.165) is 0 Å². The van der Waals surface area contributed by atoms with Crippen LogP contribution in [0.25, 0.3) is 11.0 Å². The Balaban J connectivity index is 2.81. The number of hydrogen-bond acceptors (Lipinski definition) is 4. The number of rotatable bonds is 1. The first kappa shape index (κ1) is 7.53. The van der Waals surface area contributed by atoms with Crippen molar-refractivity contribution in [2.24, 2.45) is 0 Å². The van der Waals surface area contributed by atoms with Gasteiger partial charge < -0.3 is 15.2 Å². The van der Waals surface area contributed by atoms with Crippen LogP contribution in [0.15, 0.2) is 12.5 Å². The SMILES string of the molecule is O=C(O)c1[nH]c2ncncc2c1O. The number of nitrogens with one attached hydrogen (secondary N) is 1. The summed E-state index contributed by atoms with van der Waals surface area (Å²) in [5.41, 5.74) is 0.0420. The number of hydrogen-bond donors (Lipinski definition) is 3. The average Bonchev–Trinajstić information content (AvgIpc) is 2.45. The van der Waals surface area contributed by atoms with E-state index < -0.39 is 5.97 Å². The topological polar surface area (TPSA) is 99.1 Å². The van der Waals surface area contributed by atoms with Gasteiger partial charge in [-0.25, -0.2) is 14.8 Å². The first-order valence-electron chi connectivity index (χ1n) is 3.44. The summed E-state index contributed by atoms with van der Waals surface area (Å²) in [6.07, 6.45) is 2.62. The van der Waals surface area contributed by atoms with E-state index in [1.165, 1.54) is 12.5 Å². The van der Waals surface area contributed by atoms with Gasteiger partial charge in [-0.2, -0.15) is 0 Å². The lowest BCUT2D eigenvalue weighted by Crippen LogP contribution is -1.95. The van der Waals surface area contributed by atoms with E-state index in [0.29, 0.717) is 11.0 Å². The maximum absolute atomic E-state index is 10.6. The summed E-state index contributed by atoms with van der Waals surface area (Å²) in [5.74, 6) is -1.56. The molecule has 66 valence electrons. The Morgan fingerprint density at radius 2 is 2.31 bits per heavy atom. The van der Waals surface area contributed by atoms with Gasteiger partial charge in [-0.05, 0) is 0 Å². The predicted molar refractivity (Wildman–Crippen MR) is 42.5 cm³/mol. The summed E-state index contributed by atoms with van der Waals surface area (Å²) >= 11 is 0. The molecule has 2 heterocycles. The average molecular weight is 179 g/mol. The molecule has 0 aliphatic rings. The number of carbonyl (C=O) groups is 1. The first-order valence-corrected chi connectivity index (χ1v) is 3.44. The van der Waals surface area contributed by atoms with E-state index in [2.05, 4.69) is 15.0 Å². The van der Waals surface area contributed by atoms with E-state index in [1.807, 2.05) is 0 Å². The molecule has 13 heavy (non-hydrogen) atoms. The minimum atomic E-state index is -1.23. The molecule has 3 N–H and O–H groups in total. The number of carboxylic acid groups (broad SMARTS) is 1. The molecule has 0 spiro atoms. The van der Waals surface area contributed by atoms with Crippen molar-refractivity contribution in [3.8, 4) is 5.75 Å². The monoisotopic (exact) mass is 179 g/mol. The van der Waals surface area contributed by atoms with Gasteiger partial charge in [-0.3, -0.25) is 0 Å². The minimum Gasteiger partial charge on any atom is -0.505 e. The van der Waals surface area contributed by atoms with Gasteiger partial charge in [-0.1, -0.05) is 0 Å². The number of aromatic carboxylic acids is 1. The van der Waals surface area contributed by atoms with Crippen LogP contribution in [0.3, 0.4) is 0 Å². The fourth-order valence-electron chi connectivity index (χ4n) is 1.07. The highest BCUT2D eigenvalue weighted by Gasteiger charge is 2.16. The summed E-state index contributed by atoms with van der Waals surface area (Å²) in [7, 11) is 0.